The van der Waals surface area contributed by atoms with Crippen LogP contribution >= 0.6 is 34.0 Å². The molecule has 6 amide bonds. The van der Waals surface area contributed by atoms with Crippen LogP contribution in [-0.4, -0.2) is 193 Å². The second-order valence-electron chi connectivity index (χ2n) is 42.9. The number of rotatable bonds is 30. The first-order valence-electron chi connectivity index (χ1n) is 45.3. The van der Waals surface area contributed by atoms with Gasteiger partial charge in [0.2, 0.25) is 35.4 Å². The van der Waals surface area contributed by atoms with Gasteiger partial charge in [-0.1, -0.05) is 232 Å². The lowest BCUT2D eigenvalue weighted by Gasteiger charge is -2.36. The van der Waals surface area contributed by atoms with Crippen LogP contribution in [0.1, 0.15) is 276 Å². The number of nitrogens with zero attached hydrogens (tertiary/aromatic N) is 6. The predicted octanol–water partition coefficient (Wildman–Crippen LogP) is 15.3. The number of ether oxygens (including phenoxy) is 3. The molecule has 6 heterocycles. The van der Waals surface area contributed by atoms with Gasteiger partial charge in [-0.15, -0.1) is 34.0 Å². The Morgan fingerprint density at radius 3 is 0.900 bits per heavy atom. The fourth-order valence-corrected chi connectivity index (χ4v) is 18.0. The summed E-state index contributed by atoms with van der Waals surface area (Å²) >= 11 is 4.77. The van der Waals surface area contributed by atoms with Crippen LogP contribution in [0.25, 0.3) is 31.3 Å². The molecule has 130 heavy (non-hydrogen) atoms. The number of thiazole rings is 3. The summed E-state index contributed by atoms with van der Waals surface area (Å²) in [5.41, 5.74) is 27.5. The highest BCUT2D eigenvalue weighted by molar-refractivity contribution is 7.14. The number of nitrogens with one attached hydrogen (secondary N) is 3. The molecule has 0 radical (unpaired) electrons. The van der Waals surface area contributed by atoms with Gasteiger partial charge in [-0.2, -0.15) is 0 Å². The minimum atomic E-state index is -0.878. The average Bonchev–Trinajstić information content (AvgIpc) is 1.63. The maximum Gasteiger partial charge on any atom is 0.323 e. The van der Waals surface area contributed by atoms with Crippen molar-refractivity contribution in [3.63, 3.8) is 0 Å². The molecule has 3 aromatic carbocycles. The number of carbonyl (C=O) groups is 12. The first-order valence-corrected chi connectivity index (χ1v) is 47.9. The monoisotopic (exact) mass is 1850 g/mol. The van der Waals surface area contributed by atoms with Crippen molar-refractivity contribution in [1.82, 2.24) is 45.6 Å². The Bertz CT molecular complexity index is 4930. The summed E-state index contributed by atoms with van der Waals surface area (Å²) < 4.78 is 17.1. The molecular formula is C100H146N12O15S3. The highest BCUT2D eigenvalue weighted by Gasteiger charge is 2.51. The third-order valence-corrected chi connectivity index (χ3v) is 26.7. The van der Waals surface area contributed by atoms with E-state index in [1.165, 1.54) is 14.7 Å². The summed E-state index contributed by atoms with van der Waals surface area (Å²) in [6, 6.07) is 18.6. The van der Waals surface area contributed by atoms with E-state index < -0.39 is 117 Å². The molecule has 27 nitrogen and oxygen atoms in total. The fraction of sp³-hybridized carbons (Fsp3) is 0.610. The van der Waals surface area contributed by atoms with Crippen LogP contribution in [0.15, 0.2) is 89.3 Å². The van der Waals surface area contributed by atoms with Crippen molar-refractivity contribution >= 4 is 105 Å². The second kappa shape index (κ2) is 44.5. The van der Waals surface area contributed by atoms with Crippen LogP contribution in [-0.2, 0) is 71.7 Å². The Balaban J connectivity index is 0.000000267. The van der Waals surface area contributed by atoms with Crippen LogP contribution in [0.2, 0.25) is 0 Å². The molecule has 3 aliphatic heterocycles. The first-order chi connectivity index (χ1) is 60.0. The van der Waals surface area contributed by atoms with Gasteiger partial charge in [0, 0.05) is 66.9 Å². The number of Topliss-reactive ketones (excluding diaryl/α,β-unsaturated/α-hetero) is 3. The van der Waals surface area contributed by atoms with Crippen LogP contribution in [0.3, 0.4) is 0 Å². The maximum absolute atomic E-state index is 14.2. The summed E-state index contributed by atoms with van der Waals surface area (Å²) in [5.74, 6) is -4.08. The Morgan fingerprint density at radius 1 is 0.415 bits per heavy atom. The molecule has 0 spiro atoms. The largest absolute Gasteiger partial charge is 0.460 e. The maximum atomic E-state index is 14.2. The molecule has 3 aromatic heterocycles. The van der Waals surface area contributed by atoms with Crippen LogP contribution < -0.4 is 33.2 Å². The highest BCUT2D eigenvalue weighted by Crippen LogP contribution is 2.39. The van der Waals surface area contributed by atoms with Gasteiger partial charge < -0.3 is 62.1 Å². The molecule has 13 atom stereocenters. The lowest BCUT2D eigenvalue weighted by molar-refractivity contribution is -0.152. The molecule has 0 bridgehead atoms. The van der Waals surface area contributed by atoms with Gasteiger partial charge in [-0.25, -0.2) is 15.0 Å². The van der Waals surface area contributed by atoms with Gasteiger partial charge in [0.05, 0.1) is 98.8 Å². The molecule has 6 aromatic rings. The number of aryl methyl sites for hydroxylation is 3. The predicted molar refractivity (Wildman–Crippen MR) is 513 cm³/mol. The number of benzene rings is 3. The van der Waals surface area contributed by atoms with Crippen molar-refractivity contribution in [2.45, 2.75) is 329 Å². The molecule has 9 N–H and O–H groups in total. The smallest absolute Gasteiger partial charge is 0.323 e. The summed E-state index contributed by atoms with van der Waals surface area (Å²) in [6.45, 7) is 52.4. The van der Waals surface area contributed by atoms with E-state index in [9.17, 15) is 57.5 Å². The molecule has 3 fully saturated rings. The van der Waals surface area contributed by atoms with Crippen LogP contribution in [0.4, 0.5) is 0 Å². The molecule has 714 valence electrons. The topological polar surface area (TPSA) is 395 Å². The van der Waals surface area contributed by atoms with E-state index in [0.29, 0.717) is 0 Å². The number of ketones is 3. The average molecular weight is 1850 g/mol. The van der Waals surface area contributed by atoms with E-state index in [-0.39, 0.29) is 154 Å². The number of amides is 6. The van der Waals surface area contributed by atoms with E-state index in [4.69, 9.17) is 31.4 Å². The minimum absolute atomic E-state index is 0.0103. The standard InChI is InChI=1S/2C34H50N4O5S.C32H46N4O5S/c1-20(22-11-13-23(14-12-22)28-21(2)36-19-44-28)15-26(39)25-16-24(43-27(40)17-34(9,10)35)18-38(25)30(41)29(32(3,4)5)37-31(42)33(6,7)8;1-19(2)27(35)31(41)43-24-16-25(38(17-24)30(40)29(33(5,6)7)37-32(42)34(8,9)10)26(39)15-20(3)22-11-13-23(14-12-22)28-21(4)36-18-44-28;1-19(21-9-11-22(12-10-21)27-20(2)34-18-42-27)15-25(37)24-16-23(41-26(38)13-14-33)17-36(24)29(39)28(31(3,4)5)35-30(40)32(6,7)8/h11-14,19-20,24-25,29H,15-18,35H2,1-10H3,(H,37,42);11-14,18-20,24-25,27,29H,15-17,35H2,1-10H3,(H,37,42);9-12,18-19,23-24,28H,13-17,33H2,1-8H3,(H,35,40)/t;20?,24?,25?,27-,29?;/m.0./s1. The van der Waals surface area contributed by atoms with Crippen molar-refractivity contribution in [3.05, 3.63) is 123 Å². The summed E-state index contributed by atoms with van der Waals surface area (Å²) in [7, 11) is 0. The number of aromatic nitrogens is 3. The van der Waals surface area contributed by atoms with Crippen molar-refractivity contribution in [2.75, 3.05) is 26.2 Å². The molecule has 0 saturated carbocycles. The Hall–Kier alpha value is -9.33. The van der Waals surface area contributed by atoms with E-state index in [1.54, 1.807) is 110 Å². The van der Waals surface area contributed by atoms with Crippen LogP contribution in [0.5, 0.6) is 0 Å². The van der Waals surface area contributed by atoms with Crippen molar-refractivity contribution in [1.29, 1.82) is 0 Å². The minimum Gasteiger partial charge on any atom is -0.460 e. The third kappa shape index (κ3) is 29.8. The summed E-state index contributed by atoms with van der Waals surface area (Å²) in [6.07, 6.45) is -0.680. The molecule has 3 saturated heterocycles. The number of hydrogen-bond acceptors (Lipinski definition) is 24. The highest BCUT2D eigenvalue weighted by atomic mass is 32.1. The fourth-order valence-electron chi connectivity index (χ4n) is 15.6. The van der Waals surface area contributed by atoms with Crippen molar-refractivity contribution in [3.8, 4) is 31.3 Å². The summed E-state index contributed by atoms with van der Waals surface area (Å²) in [4.78, 5) is 181. The van der Waals surface area contributed by atoms with Gasteiger partial charge in [-0.05, 0) is 108 Å². The molecular weight excluding hydrogens is 1710 g/mol. The lowest BCUT2D eigenvalue weighted by Crippen LogP contribution is -2.58. The lowest BCUT2D eigenvalue weighted by atomic mass is 9.84. The zero-order valence-corrected chi connectivity index (χ0v) is 84.4. The van der Waals surface area contributed by atoms with Gasteiger partial charge >= 0.3 is 17.9 Å². The van der Waals surface area contributed by atoms with Gasteiger partial charge in [0.1, 0.15) is 42.5 Å². The zero-order valence-electron chi connectivity index (χ0n) is 82.0. The number of carbonyl (C=O) groups excluding carboxylic acids is 12. The summed E-state index contributed by atoms with van der Waals surface area (Å²) in [5, 5.41) is 8.80. The Kier molecular flexibility index (Phi) is 36.8. The number of likely N-dealkylation sites (tertiary alicyclic amines) is 3. The molecule has 30 heteroatoms. The van der Waals surface area contributed by atoms with Gasteiger partial charge in [-0.3, -0.25) is 57.5 Å². The van der Waals surface area contributed by atoms with Crippen LogP contribution in [0, 0.1) is 59.2 Å². The SMILES string of the molecule is Cc1ncsc1-c1ccc(C(C)CC(=O)C2CC(OC(=O)CC(C)(C)N)CN2C(=O)C(NC(=O)C(C)(C)C)C(C)(C)C)cc1.Cc1ncsc1-c1ccc(C(C)CC(=O)C2CC(OC(=O)CCN)CN2C(=O)C(NC(=O)C(C)(C)C)C(C)(C)C)cc1.Cc1ncsc1-c1ccc(C(C)CC(=O)C2CC(OC(=O)[C@@H](N)C(C)C)CN2C(=O)C(NC(=O)C(C)(C)C)C(C)(C)C)cc1. The number of nitrogens with two attached hydrogens (primary N) is 3. The Labute approximate surface area is 782 Å². The first kappa shape index (κ1) is 108. The normalized spacial score (nSPS) is 19.1. The second-order valence-corrected chi connectivity index (χ2v) is 45.5. The van der Waals surface area contributed by atoms with Gasteiger partial charge in [0.15, 0.2) is 17.3 Å². The van der Waals surface area contributed by atoms with E-state index >= 15 is 0 Å². The zero-order chi connectivity index (χ0) is 97.7. The Morgan fingerprint density at radius 2 is 0.677 bits per heavy atom. The van der Waals surface area contributed by atoms with Crippen molar-refractivity contribution in [2.24, 2.45) is 55.6 Å². The molecule has 0 aliphatic carbocycles. The van der Waals surface area contributed by atoms with Gasteiger partial charge in [0.25, 0.3) is 0 Å². The quantitative estimate of drug-likeness (QED) is 0.0180. The number of hydrogen-bond donors (Lipinski definition) is 6. The van der Waals surface area contributed by atoms with E-state index in [1.807, 2.05) is 207 Å². The molecule has 12 unspecified atom stereocenters. The molecule has 3 aliphatic rings. The molecule has 9 rings (SSSR count). The van der Waals surface area contributed by atoms with E-state index in [2.05, 4.69) is 30.9 Å². The number of esters is 3. The third-order valence-electron chi connectivity index (χ3n) is 23.8. The van der Waals surface area contributed by atoms with E-state index in [0.717, 1.165) is 65.1 Å². The van der Waals surface area contributed by atoms with Crippen molar-refractivity contribution < 1.29 is 71.7 Å².